The molecule has 7 nitrogen and oxygen atoms in total. The van der Waals surface area contributed by atoms with E-state index in [1.165, 1.54) is 6.07 Å². The first-order chi connectivity index (χ1) is 22.5. The Kier molecular flexibility index (Phi) is 11.5. The van der Waals surface area contributed by atoms with Gasteiger partial charge in [0.1, 0.15) is 11.9 Å². The zero-order valence-corrected chi connectivity index (χ0v) is 27.8. The number of hydrogen-bond donors (Lipinski definition) is 2. The molecular weight excluding hydrogens is 633 g/mol. The van der Waals surface area contributed by atoms with Crippen LogP contribution < -0.4 is 10.9 Å². The molecule has 1 aliphatic heterocycles. The van der Waals surface area contributed by atoms with Crippen molar-refractivity contribution >= 4 is 11.9 Å². The molecule has 0 spiro atoms. The fourth-order valence-corrected chi connectivity index (χ4v) is 6.47. The SMILES string of the molecule is Cc1cc(-c2c(C)cccc2C)cc(C(CC(=O)O)NC(=O)C(CC(C)C)n2cc(CCN3CC(CF)C3)c(C(F)(F)F)cc2=O)c1F. The number of aliphatic carboxylic acids is 1. The van der Waals surface area contributed by atoms with Crippen molar-refractivity contribution in [3.05, 3.63) is 92.1 Å². The summed E-state index contributed by atoms with van der Waals surface area (Å²) in [6.07, 6.45) is -4.54. The second-order valence-corrected chi connectivity index (χ2v) is 13.3. The van der Waals surface area contributed by atoms with Gasteiger partial charge in [0.2, 0.25) is 5.91 Å². The highest BCUT2D eigenvalue weighted by atomic mass is 19.4. The van der Waals surface area contributed by atoms with E-state index in [0.29, 0.717) is 24.7 Å². The van der Waals surface area contributed by atoms with Gasteiger partial charge >= 0.3 is 12.1 Å². The fraction of sp³-hybridized carbons (Fsp3) is 0.472. The minimum atomic E-state index is -4.83. The maximum absolute atomic E-state index is 15.8. The summed E-state index contributed by atoms with van der Waals surface area (Å²) in [6, 6.07) is 6.64. The number of aryl methyl sites for hydroxylation is 3. The number of hydrogen-bond acceptors (Lipinski definition) is 4. The molecule has 1 saturated heterocycles. The number of nitrogens with zero attached hydrogens (tertiary/aromatic N) is 2. The van der Waals surface area contributed by atoms with Gasteiger partial charge in [0.05, 0.1) is 24.7 Å². The summed E-state index contributed by atoms with van der Waals surface area (Å²) in [6.45, 7) is 9.41. The number of carboxylic acid groups (broad SMARTS) is 1. The highest BCUT2D eigenvalue weighted by Crippen LogP contribution is 2.35. The maximum atomic E-state index is 15.8. The van der Waals surface area contributed by atoms with Crippen LogP contribution in [0.4, 0.5) is 22.0 Å². The van der Waals surface area contributed by atoms with Crippen LogP contribution in [0.5, 0.6) is 0 Å². The van der Waals surface area contributed by atoms with Gasteiger partial charge in [0.25, 0.3) is 5.56 Å². The molecule has 2 N–H and O–H groups in total. The predicted molar refractivity (Wildman–Crippen MR) is 173 cm³/mol. The Morgan fingerprint density at radius 3 is 2.25 bits per heavy atom. The van der Waals surface area contributed by atoms with E-state index in [-0.39, 0.29) is 47.9 Å². The minimum absolute atomic E-state index is 0.0323. The number of nitrogens with one attached hydrogen (secondary N) is 1. The molecule has 2 aromatic carbocycles. The number of likely N-dealkylation sites (tertiary alicyclic amines) is 1. The molecule has 2 heterocycles. The molecule has 2 atom stereocenters. The van der Waals surface area contributed by atoms with Crippen LogP contribution in [0.3, 0.4) is 0 Å². The summed E-state index contributed by atoms with van der Waals surface area (Å²) in [5.74, 6) is -3.21. The van der Waals surface area contributed by atoms with Crippen molar-refractivity contribution in [2.24, 2.45) is 11.8 Å². The summed E-state index contributed by atoms with van der Waals surface area (Å²) in [4.78, 5) is 41.0. The lowest BCUT2D eigenvalue weighted by atomic mass is 9.90. The molecule has 3 aromatic rings. The van der Waals surface area contributed by atoms with E-state index in [2.05, 4.69) is 5.32 Å². The van der Waals surface area contributed by atoms with Crippen molar-refractivity contribution in [3.8, 4) is 11.1 Å². The number of rotatable bonds is 13. The Hall–Kier alpha value is -4.06. The van der Waals surface area contributed by atoms with Crippen LogP contribution in [0, 0.1) is 38.4 Å². The topological polar surface area (TPSA) is 91.6 Å². The molecular formula is C36H42F5N3O4. The number of carbonyl (C=O) groups excluding carboxylic acids is 1. The van der Waals surface area contributed by atoms with Crippen LogP contribution in [0.15, 0.2) is 47.4 Å². The Bertz CT molecular complexity index is 1690. The maximum Gasteiger partial charge on any atom is 0.416 e. The highest BCUT2D eigenvalue weighted by Gasteiger charge is 2.36. The van der Waals surface area contributed by atoms with Crippen molar-refractivity contribution < 1.29 is 36.6 Å². The molecule has 0 saturated carbocycles. The molecule has 1 aromatic heterocycles. The number of carbonyl (C=O) groups is 2. The van der Waals surface area contributed by atoms with Gasteiger partial charge in [0, 0.05) is 43.4 Å². The molecule has 0 radical (unpaired) electrons. The largest absolute Gasteiger partial charge is 0.481 e. The van der Waals surface area contributed by atoms with Crippen LogP contribution in [0.25, 0.3) is 11.1 Å². The lowest BCUT2D eigenvalue weighted by molar-refractivity contribution is -0.139. The van der Waals surface area contributed by atoms with Crippen molar-refractivity contribution in [2.75, 3.05) is 26.3 Å². The average Bonchev–Trinajstić information content (AvgIpc) is 2.96. The van der Waals surface area contributed by atoms with Crippen LogP contribution in [-0.2, 0) is 22.2 Å². The second-order valence-electron chi connectivity index (χ2n) is 13.3. The Balaban J connectivity index is 1.74. The van der Waals surface area contributed by atoms with Crippen molar-refractivity contribution in [1.82, 2.24) is 14.8 Å². The van der Waals surface area contributed by atoms with Gasteiger partial charge in [-0.05, 0) is 85.0 Å². The van der Waals surface area contributed by atoms with E-state index in [1.807, 2.05) is 36.9 Å². The molecule has 48 heavy (non-hydrogen) atoms. The quantitative estimate of drug-likeness (QED) is 0.191. The monoisotopic (exact) mass is 675 g/mol. The van der Waals surface area contributed by atoms with Crippen LogP contribution in [0.2, 0.25) is 0 Å². The van der Waals surface area contributed by atoms with E-state index < -0.39 is 60.2 Å². The third-order valence-electron chi connectivity index (χ3n) is 8.87. The molecule has 12 heteroatoms. The molecule has 0 aliphatic carbocycles. The molecule has 4 rings (SSSR count). The summed E-state index contributed by atoms with van der Waals surface area (Å²) < 4.78 is 71.7. The third-order valence-corrected chi connectivity index (χ3v) is 8.87. The van der Waals surface area contributed by atoms with E-state index in [0.717, 1.165) is 27.5 Å². The summed E-state index contributed by atoms with van der Waals surface area (Å²) >= 11 is 0. The number of alkyl halides is 4. The minimum Gasteiger partial charge on any atom is -0.481 e. The zero-order chi connectivity index (χ0) is 35.5. The molecule has 1 amide bonds. The van der Waals surface area contributed by atoms with Gasteiger partial charge in [-0.2, -0.15) is 13.2 Å². The number of halogens is 5. The molecule has 260 valence electrons. The van der Waals surface area contributed by atoms with Gasteiger partial charge < -0.3 is 19.9 Å². The molecule has 0 bridgehead atoms. The van der Waals surface area contributed by atoms with Gasteiger partial charge in [0.15, 0.2) is 0 Å². The van der Waals surface area contributed by atoms with Gasteiger partial charge in [-0.1, -0.05) is 32.0 Å². The number of aromatic nitrogens is 1. The van der Waals surface area contributed by atoms with E-state index >= 15 is 4.39 Å². The first kappa shape index (κ1) is 36.8. The van der Waals surface area contributed by atoms with Gasteiger partial charge in [-0.3, -0.25) is 18.8 Å². The smallest absolute Gasteiger partial charge is 0.416 e. The second kappa shape index (κ2) is 15.0. The standard InChI is InChI=1S/C36H42F5N3O4/c1-20(2)11-30(44-19-25(9-10-43-17-24(16-37)18-43)28(14-31(44)45)36(39,40)41)35(48)42-29(15-32(46)47)27-13-26(12-23(5)34(27)38)33-21(3)7-6-8-22(33)4/h6-8,12-14,19-20,24,29-30H,9-11,15-18H2,1-5H3,(H,42,48)(H,46,47). The van der Waals surface area contributed by atoms with Crippen molar-refractivity contribution in [3.63, 3.8) is 0 Å². The fourth-order valence-electron chi connectivity index (χ4n) is 6.47. The number of benzene rings is 2. The van der Waals surface area contributed by atoms with E-state index in [1.54, 1.807) is 26.8 Å². The van der Waals surface area contributed by atoms with Crippen LogP contribution in [0.1, 0.15) is 72.2 Å². The summed E-state index contributed by atoms with van der Waals surface area (Å²) in [5.41, 5.74) is 1.10. The average molecular weight is 676 g/mol. The number of pyridine rings is 1. The van der Waals surface area contributed by atoms with Crippen LogP contribution >= 0.6 is 0 Å². The number of carboxylic acids is 1. The molecule has 2 unspecified atom stereocenters. The predicted octanol–water partition coefficient (Wildman–Crippen LogP) is 6.96. The Morgan fingerprint density at radius 2 is 1.69 bits per heavy atom. The highest BCUT2D eigenvalue weighted by molar-refractivity contribution is 5.82. The third kappa shape index (κ3) is 8.50. The summed E-state index contributed by atoms with van der Waals surface area (Å²) in [7, 11) is 0. The first-order valence-corrected chi connectivity index (χ1v) is 16.0. The van der Waals surface area contributed by atoms with Crippen molar-refractivity contribution in [2.45, 2.75) is 72.1 Å². The molecule has 1 aliphatic rings. The Labute approximate surface area is 276 Å². The van der Waals surface area contributed by atoms with E-state index in [4.69, 9.17) is 0 Å². The van der Waals surface area contributed by atoms with E-state index in [9.17, 15) is 37.1 Å². The first-order valence-electron chi connectivity index (χ1n) is 16.0. The van der Waals surface area contributed by atoms with Gasteiger partial charge in [-0.15, -0.1) is 0 Å². The Morgan fingerprint density at radius 1 is 1.04 bits per heavy atom. The van der Waals surface area contributed by atoms with Crippen molar-refractivity contribution in [1.29, 1.82) is 0 Å². The zero-order valence-electron chi connectivity index (χ0n) is 27.8. The van der Waals surface area contributed by atoms with Gasteiger partial charge in [-0.25, -0.2) is 4.39 Å². The van der Waals surface area contributed by atoms with Crippen LogP contribution in [-0.4, -0.2) is 52.8 Å². The summed E-state index contributed by atoms with van der Waals surface area (Å²) in [5, 5.41) is 12.4. The lowest BCUT2D eigenvalue weighted by Crippen LogP contribution is -2.48. The number of amides is 1. The molecule has 1 fully saturated rings. The lowest BCUT2D eigenvalue weighted by Gasteiger charge is -2.38. The normalized spacial score (nSPS) is 15.3.